The average molecular weight is 277 g/mol. The van der Waals surface area contributed by atoms with Gasteiger partial charge in [-0.1, -0.05) is 18.0 Å². The fourth-order valence-electron chi connectivity index (χ4n) is 2.58. The number of hydrogen-bond donors (Lipinski definition) is 1. The predicted molar refractivity (Wildman–Crippen MR) is 62.5 cm³/mol. The molecule has 1 aliphatic carbocycles. The van der Waals surface area contributed by atoms with Crippen molar-refractivity contribution in [3.05, 3.63) is 11.7 Å². The maximum absolute atomic E-state index is 12.9. The van der Waals surface area contributed by atoms with Crippen molar-refractivity contribution < 1.29 is 17.7 Å². The van der Waals surface area contributed by atoms with Crippen LogP contribution in [0.15, 0.2) is 4.52 Å². The van der Waals surface area contributed by atoms with Gasteiger partial charge in [-0.05, 0) is 12.8 Å². The van der Waals surface area contributed by atoms with Crippen molar-refractivity contribution in [3.8, 4) is 0 Å². The Morgan fingerprint density at radius 2 is 2.05 bits per heavy atom. The summed E-state index contributed by atoms with van der Waals surface area (Å²) < 4.78 is 43.4. The van der Waals surface area contributed by atoms with Gasteiger partial charge in [0, 0.05) is 25.9 Å². The van der Waals surface area contributed by atoms with E-state index in [2.05, 4.69) is 15.5 Å². The molecule has 0 aromatic carbocycles. The standard InChI is InChI=1S/C12H18F3N3O/c1-8-17-11(18-19-8)6-7-16-10-5-3-2-4-9(10)12(13,14)15/h9-10,16H,2-7H2,1H3. The average Bonchev–Trinajstić information content (AvgIpc) is 2.74. The maximum atomic E-state index is 12.9. The van der Waals surface area contributed by atoms with Crippen LogP contribution in [0.2, 0.25) is 0 Å². The third kappa shape index (κ3) is 3.92. The summed E-state index contributed by atoms with van der Waals surface area (Å²) in [6, 6.07) is -0.484. The molecule has 1 saturated carbocycles. The Labute approximate surface area is 109 Å². The molecule has 1 fully saturated rings. The van der Waals surface area contributed by atoms with Crippen LogP contribution in [-0.2, 0) is 6.42 Å². The van der Waals surface area contributed by atoms with Gasteiger partial charge >= 0.3 is 6.18 Å². The second-order valence-corrected chi connectivity index (χ2v) is 4.97. The van der Waals surface area contributed by atoms with Gasteiger partial charge in [0.2, 0.25) is 5.89 Å². The van der Waals surface area contributed by atoms with Crippen LogP contribution in [0.4, 0.5) is 13.2 Å². The number of aromatic nitrogens is 2. The van der Waals surface area contributed by atoms with Gasteiger partial charge in [0.15, 0.2) is 5.82 Å². The summed E-state index contributed by atoms with van der Waals surface area (Å²) in [5.41, 5.74) is 0. The van der Waals surface area contributed by atoms with Gasteiger partial charge in [0.25, 0.3) is 0 Å². The Kier molecular flexibility index (Phi) is 4.44. The highest BCUT2D eigenvalue weighted by atomic mass is 19.4. The maximum Gasteiger partial charge on any atom is 0.393 e. The first-order valence-electron chi connectivity index (χ1n) is 6.56. The largest absolute Gasteiger partial charge is 0.393 e. The molecule has 1 aliphatic rings. The molecule has 1 N–H and O–H groups in total. The lowest BCUT2D eigenvalue weighted by atomic mass is 9.84. The molecule has 19 heavy (non-hydrogen) atoms. The first-order chi connectivity index (χ1) is 8.97. The minimum Gasteiger partial charge on any atom is -0.340 e. The van der Waals surface area contributed by atoms with Crippen LogP contribution in [-0.4, -0.2) is 28.9 Å². The van der Waals surface area contributed by atoms with E-state index in [4.69, 9.17) is 4.52 Å². The van der Waals surface area contributed by atoms with Crippen LogP contribution in [0.25, 0.3) is 0 Å². The van der Waals surface area contributed by atoms with E-state index in [0.717, 1.165) is 6.42 Å². The third-order valence-electron chi connectivity index (χ3n) is 3.51. The van der Waals surface area contributed by atoms with Crippen LogP contribution < -0.4 is 5.32 Å². The van der Waals surface area contributed by atoms with E-state index in [1.807, 2.05) is 0 Å². The number of hydrogen-bond acceptors (Lipinski definition) is 4. The van der Waals surface area contributed by atoms with Gasteiger partial charge in [0.1, 0.15) is 0 Å². The van der Waals surface area contributed by atoms with Gasteiger partial charge in [-0.15, -0.1) is 0 Å². The second-order valence-electron chi connectivity index (χ2n) is 4.97. The number of nitrogens with one attached hydrogen (secondary N) is 1. The van der Waals surface area contributed by atoms with Crippen LogP contribution in [0, 0.1) is 12.8 Å². The first kappa shape index (κ1) is 14.3. The molecule has 0 saturated heterocycles. The summed E-state index contributed by atoms with van der Waals surface area (Å²) in [6.45, 7) is 2.13. The lowest BCUT2D eigenvalue weighted by molar-refractivity contribution is -0.188. The minimum atomic E-state index is -4.11. The number of alkyl halides is 3. The fraction of sp³-hybridized carbons (Fsp3) is 0.833. The van der Waals surface area contributed by atoms with Crippen molar-refractivity contribution in [2.75, 3.05) is 6.54 Å². The molecule has 1 aromatic rings. The summed E-state index contributed by atoms with van der Waals surface area (Å²) in [6.07, 6.45) is -1.31. The zero-order valence-electron chi connectivity index (χ0n) is 10.8. The molecule has 2 atom stereocenters. The summed E-state index contributed by atoms with van der Waals surface area (Å²) >= 11 is 0. The Bertz CT molecular complexity index is 405. The molecular weight excluding hydrogens is 259 g/mol. The van der Waals surface area contributed by atoms with Crippen LogP contribution in [0.1, 0.15) is 37.4 Å². The Morgan fingerprint density at radius 3 is 2.68 bits per heavy atom. The summed E-state index contributed by atoms with van der Waals surface area (Å²) in [5.74, 6) is -0.224. The predicted octanol–water partition coefficient (Wildman–Crippen LogP) is 2.63. The van der Waals surface area contributed by atoms with Crippen molar-refractivity contribution in [2.24, 2.45) is 5.92 Å². The SMILES string of the molecule is Cc1nc(CCNC2CCCCC2C(F)(F)F)no1. The number of aryl methyl sites for hydroxylation is 1. The first-order valence-corrected chi connectivity index (χ1v) is 6.56. The lowest BCUT2D eigenvalue weighted by Gasteiger charge is -2.33. The Hall–Kier alpha value is -1.11. The van der Waals surface area contributed by atoms with Crippen molar-refractivity contribution in [1.29, 1.82) is 0 Å². The van der Waals surface area contributed by atoms with E-state index < -0.39 is 18.1 Å². The lowest BCUT2D eigenvalue weighted by Crippen LogP contribution is -2.46. The third-order valence-corrected chi connectivity index (χ3v) is 3.51. The Morgan fingerprint density at radius 1 is 1.32 bits per heavy atom. The van der Waals surface area contributed by atoms with Crippen LogP contribution in [0.3, 0.4) is 0 Å². The number of rotatable bonds is 4. The van der Waals surface area contributed by atoms with E-state index in [1.165, 1.54) is 0 Å². The molecule has 7 heteroatoms. The van der Waals surface area contributed by atoms with E-state index >= 15 is 0 Å². The van der Waals surface area contributed by atoms with E-state index in [-0.39, 0.29) is 6.42 Å². The second kappa shape index (κ2) is 5.90. The number of halogens is 3. The molecule has 2 rings (SSSR count). The molecule has 4 nitrogen and oxygen atoms in total. The molecule has 0 bridgehead atoms. The smallest absolute Gasteiger partial charge is 0.340 e. The van der Waals surface area contributed by atoms with Gasteiger partial charge in [-0.2, -0.15) is 18.2 Å². The molecule has 108 valence electrons. The van der Waals surface area contributed by atoms with E-state index in [1.54, 1.807) is 6.92 Å². The van der Waals surface area contributed by atoms with Crippen molar-refractivity contribution in [2.45, 2.75) is 51.2 Å². The summed E-state index contributed by atoms with van der Waals surface area (Å²) in [7, 11) is 0. The summed E-state index contributed by atoms with van der Waals surface area (Å²) in [4.78, 5) is 4.02. The molecule has 1 aromatic heterocycles. The van der Waals surface area contributed by atoms with Gasteiger partial charge in [0.05, 0.1) is 5.92 Å². The molecule has 0 aliphatic heterocycles. The van der Waals surface area contributed by atoms with Crippen molar-refractivity contribution >= 4 is 0 Å². The molecule has 2 unspecified atom stereocenters. The number of nitrogens with zero attached hydrogens (tertiary/aromatic N) is 2. The molecular formula is C12H18F3N3O. The molecule has 0 amide bonds. The topological polar surface area (TPSA) is 51.0 Å². The Balaban J connectivity index is 1.83. The molecule has 0 radical (unpaired) electrons. The molecule has 1 heterocycles. The monoisotopic (exact) mass is 277 g/mol. The summed E-state index contributed by atoms with van der Waals surface area (Å²) in [5, 5.41) is 6.71. The fourth-order valence-corrected chi connectivity index (χ4v) is 2.58. The highest BCUT2D eigenvalue weighted by molar-refractivity contribution is 4.88. The van der Waals surface area contributed by atoms with E-state index in [0.29, 0.717) is 37.5 Å². The zero-order valence-corrected chi connectivity index (χ0v) is 10.8. The van der Waals surface area contributed by atoms with Crippen molar-refractivity contribution in [3.63, 3.8) is 0 Å². The quantitative estimate of drug-likeness (QED) is 0.919. The normalized spacial score (nSPS) is 24.6. The van der Waals surface area contributed by atoms with Gasteiger partial charge in [-0.25, -0.2) is 0 Å². The van der Waals surface area contributed by atoms with Gasteiger partial charge in [-0.3, -0.25) is 0 Å². The minimum absolute atomic E-state index is 0.225. The van der Waals surface area contributed by atoms with E-state index in [9.17, 15) is 13.2 Å². The molecule has 0 spiro atoms. The van der Waals surface area contributed by atoms with Gasteiger partial charge < -0.3 is 9.84 Å². The van der Waals surface area contributed by atoms with Crippen molar-refractivity contribution in [1.82, 2.24) is 15.5 Å². The highest BCUT2D eigenvalue weighted by Crippen LogP contribution is 2.37. The highest BCUT2D eigenvalue weighted by Gasteiger charge is 2.45. The zero-order chi connectivity index (χ0) is 13.9. The van der Waals surface area contributed by atoms with Crippen LogP contribution in [0.5, 0.6) is 0 Å². The van der Waals surface area contributed by atoms with Crippen LogP contribution >= 0.6 is 0 Å².